The van der Waals surface area contributed by atoms with Crippen molar-refractivity contribution in [2.75, 3.05) is 6.54 Å². The zero-order valence-electron chi connectivity index (χ0n) is 23.7. The van der Waals surface area contributed by atoms with Crippen LogP contribution < -0.4 is 21.3 Å². The number of nitro groups is 1. The largest absolute Gasteiger partial charge is 0.388 e. The second-order valence-electron chi connectivity index (χ2n) is 12.8. The number of nitrogens with zero attached hydrogens (tertiary/aromatic N) is 2. The molecule has 3 fully saturated rings. The van der Waals surface area contributed by atoms with Gasteiger partial charge in [-0.1, -0.05) is 32.1 Å². The molecule has 11 heteroatoms. The molecule has 3 aliphatic carbocycles. The van der Waals surface area contributed by atoms with Crippen molar-refractivity contribution in [2.24, 2.45) is 5.92 Å². The first-order chi connectivity index (χ1) is 19.3. The van der Waals surface area contributed by atoms with Crippen molar-refractivity contribution in [3.8, 4) is 0 Å². The van der Waals surface area contributed by atoms with E-state index in [1.807, 2.05) is 13.1 Å². The minimum atomic E-state index is -1.15. The van der Waals surface area contributed by atoms with Gasteiger partial charge in [0.2, 0.25) is 11.9 Å². The summed E-state index contributed by atoms with van der Waals surface area (Å²) < 4.78 is 0. The van der Waals surface area contributed by atoms with Gasteiger partial charge in [0.25, 0.3) is 0 Å². The molecule has 0 radical (unpaired) electrons. The molecule has 0 spiro atoms. The summed E-state index contributed by atoms with van der Waals surface area (Å²) in [5.41, 5.74) is 0.908. The normalized spacial score (nSPS) is 29.2. The second-order valence-corrected chi connectivity index (χ2v) is 12.8. The average Bonchev–Trinajstić information content (AvgIpc) is 3.64. The molecule has 0 aromatic carbocycles. The third kappa shape index (κ3) is 6.28. The van der Waals surface area contributed by atoms with Gasteiger partial charge < -0.3 is 26.3 Å². The summed E-state index contributed by atoms with van der Waals surface area (Å²) in [7, 11) is 0. The molecule has 0 saturated heterocycles. The number of aromatic nitrogens is 2. The minimum absolute atomic E-state index is 0.135. The van der Waals surface area contributed by atoms with Gasteiger partial charge in [0.1, 0.15) is 5.54 Å². The Kier molecular flexibility index (Phi) is 8.65. The predicted octanol–water partition coefficient (Wildman–Crippen LogP) is 3.81. The monoisotopic (exact) mass is 555 g/mol. The van der Waals surface area contributed by atoms with Gasteiger partial charge in [0.05, 0.1) is 6.33 Å². The van der Waals surface area contributed by atoms with Crippen LogP contribution in [0.3, 0.4) is 0 Å². The minimum Gasteiger partial charge on any atom is -0.388 e. The van der Waals surface area contributed by atoms with Crippen LogP contribution in [0.1, 0.15) is 103 Å². The molecule has 3 unspecified atom stereocenters. The number of hydrogen-bond donors (Lipinski definition) is 5. The number of hydrogen-bond acceptors (Lipinski definition) is 6. The maximum Gasteiger partial charge on any atom is 0.315 e. The lowest BCUT2D eigenvalue weighted by atomic mass is 9.71. The maximum atomic E-state index is 14.0. The van der Waals surface area contributed by atoms with Gasteiger partial charge in [-0.15, -0.1) is 0 Å². The van der Waals surface area contributed by atoms with E-state index in [1.165, 1.54) is 24.8 Å². The van der Waals surface area contributed by atoms with Crippen molar-refractivity contribution in [1.82, 2.24) is 31.2 Å². The van der Waals surface area contributed by atoms with Crippen LogP contribution in [0, 0.1) is 16.0 Å². The summed E-state index contributed by atoms with van der Waals surface area (Å²) >= 11 is 0. The predicted molar refractivity (Wildman–Crippen MR) is 151 cm³/mol. The van der Waals surface area contributed by atoms with Crippen LogP contribution in [0.25, 0.3) is 0 Å². The van der Waals surface area contributed by atoms with E-state index in [1.54, 1.807) is 6.33 Å². The van der Waals surface area contributed by atoms with E-state index in [4.69, 9.17) is 0 Å². The molecule has 0 bridgehead atoms. The van der Waals surface area contributed by atoms with Crippen LogP contribution in [0.2, 0.25) is 0 Å². The van der Waals surface area contributed by atoms with Gasteiger partial charge >= 0.3 is 6.03 Å². The molecular weight excluding hydrogens is 510 g/mol. The molecular formula is C29H45N7O4. The highest BCUT2D eigenvalue weighted by Crippen LogP contribution is 2.39. The van der Waals surface area contributed by atoms with Crippen molar-refractivity contribution >= 4 is 11.9 Å². The van der Waals surface area contributed by atoms with Gasteiger partial charge in [-0.25, -0.2) is 9.78 Å². The fourth-order valence-electron chi connectivity index (χ4n) is 7.53. The lowest BCUT2D eigenvalue weighted by Crippen LogP contribution is -2.61. The SMILES string of the molecule is CC(CC1=CNC2CCCCC12)(NC(=O)NC1CCC([N+](=O)[O-])CC1)C(=O)NCC1(c2cnc[nH]2)CCCCC1. The number of carbonyl (C=O) groups is 2. The Morgan fingerprint density at radius 1 is 1.10 bits per heavy atom. The number of nitrogens with one attached hydrogen (secondary N) is 5. The van der Waals surface area contributed by atoms with Gasteiger partial charge in [-0.2, -0.15) is 0 Å². The number of rotatable bonds is 9. The lowest BCUT2D eigenvalue weighted by molar-refractivity contribution is -0.526. The van der Waals surface area contributed by atoms with E-state index in [9.17, 15) is 19.7 Å². The van der Waals surface area contributed by atoms with E-state index < -0.39 is 17.6 Å². The van der Waals surface area contributed by atoms with E-state index in [2.05, 4.69) is 37.4 Å². The highest BCUT2D eigenvalue weighted by atomic mass is 16.6. The van der Waals surface area contributed by atoms with Crippen LogP contribution in [0.5, 0.6) is 0 Å². The molecule has 3 saturated carbocycles. The van der Waals surface area contributed by atoms with Crippen molar-refractivity contribution in [3.63, 3.8) is 0 Å². The van der Waals surface area contributed by atoms with E-state index >= 15 is 0 Å². The number of imidazole rings is 1. The molecule has 3 atom stereocenters. The zero-order chi connectivity index (χ0) is 28.2. The first-order valence-electron chi connectivity index (χ1n) is 15.2. The van der Waals surface area contributed by atoms with Crippen molar-refractivity contribution < 1.29 is 14.5 Å². The van der Waals surface area contributed by atoms with Crippen LogP contribution in [-0.4, -0.2) is 57.0 Å². The summed E-state index contributed by atoms with van der Waals surface area (Å²) in [5.74, 6) is 0.196. The van der Waals surface area contributed by atoms with Crippen LogP contribution in [-0.2, 0) is 10.2 Å². The summed E-state index contributed by atoms with van der Waals surface area (Å²) in [4.78, 5) is 45.7. The Hall–Kier alpha value is -3.11. The molecule has 220 valence electrons. The van der Waals surface area contributed by atoms with Crippen molar-refractivity contribution in [1.29, 1.82) is 0 Å². The number of aromatic amines is 1. The highest BCUT2D eigenvalue weighted by molar-refractivity contribution is 5.91. The standard InChI is InChI=1S/C29H45N7O4/c1-28(15-20-16-31-24-8-4-3-7-23(20)24,35-27(38)34-21-9-11-22(12-10-21)36(39)40)26(37)32-18-29(13-5-2-6-14-29)25-17-30-19-33-25/h16-17,19,21-24,31H,2-15,18H2,1H3,(H,30,33)(H,32,37)(H2,34,35,38). The van der Waals surface area contributed by atoms with Gasteiger partial charge in [0, 0.05) is 66.0 Å². The van der Waals surface area contributed by atoms with E-state index in [0.717, 1.165) is 44.2 Å². The fraction of sp³-hybridized carbons (Fsp3) is 0.759. The molecule has 1 aromatic rings. The van der Waals surface area contributed by atoms with Crippen LogP contribution in [0.4, 0.5) is 4.79 Å². The Bertz CT molecular complexity index is 1080. The molecule has 2 heterocycles. The topological polar surface area (TPSA) is 154 Å². The zero-order valence-corrected chi connectivity index (χ0v) is 23.7. The third-order valence-electron chi connectivity index (χ3n) is 9.97. The van der Waals surface area contributed by atoms with Crippen LogP contribution >= 0.6 is 0 Å². The van der Waals surface area contributed by atoms with Crippen molar-refractivity contribution in [3.05, 3.63) is 40.1 Å². The molecule has 5 rings (SSSR count). The molecule has 3 amide bonds. The number of urea groups is 1. The maximum absolute atomic E-state index is 14.0. The van der Waals surface area contributed by atoms with E-state index in [-0.39, 0.29) is 22.3 Å². The number of carbonyl (C=O) groups excluding carboxylic acids is 2. The Balaban J connectivity index is 1.28. The Morgan fingerprint density at radius 2 is 1.85 bits per heavy atom. The molecule has 1 aromatic heterocycles. The molecule has 11 nitrogen and oxygen atoms in total. The molecule has 5 N–H and O–H groups in total. The van der Waals surface area contributed by atoms with Gasteiger partial charge in [-0.3, -0.25) is 14.9 Å². The van der Waals surface area contributed by atoms with E-state index in [0.29, 0.717) is 50.6 Å². The number of fused-ring (bicyclic) bond motifs is 1. The summed E-state index contributed by atoms with van der Waals surface area (Å²) in [6.07, 6.45) is 18.1. The average molecular weight is 556 g/mol. The van der Waals surface area contributed by atoms with Crippen molar-refractivity contribution in [2.45, 2.75) is 126 Å². The quantitative estimate of drug-likeness (QED) is 0.231. The summed E-state index contributed by atoms with van der Waals surface area (Å²) in [6, 6.07) is -0.656. The van der Waals surface area contributed by atoms with Gasteiger partial charge in [0.15, 0.2) is 0 Å². The summed E-state index contributed by atoms with van der Waals surface area (Å²) in [5, 5.41) is 23.9. The first-order valence-corrected chi connectivity index (χ1v) is 15.2. The first kappa shape index (κ1) is 28.4. The molecule has 40 heavy (non-hydrogen) atoms. The third-order valence-corrected chi connectivity index (χ3v) is 9.97. The number of amides is 3. The number of H-pyrrole nitrogens is 1. The highest BCUT2D eigenvalue weighted by Gasteiger charge is 2.43. The lowest BCUT2D eigenvalue weighted by Gasteiger charge is -2.39. The fourth-order valence-corrected chi connectivity index (χ4v) is 7.53. The Labute approximate surface area is 236 Å². The smallest absolute Gasteiger partial charge is 0.315 e. The van der Waals surface area contributed by atoms with Crippen LogP contribution in [0.15, 0.2) is 24.3 Å². The molecule has 4 aliphatic rings. The van der Waals surface area contributed by atoms with Gasteiger partial charge in [-0.05, 0) is 57.2 Å². The summed E-state index contributed by atoms with van der Waals surface area (Å²) in [6.45, 7) is 2.31. The molecule has 1 aliphatic heterocycles. The Morgan fingerprint density at radius 3 is 2.55 bits per heavy atom. The second kappa shape index (κ2) is 12.2.